The van der Waals surface area contributed by atoms with Crippen molar-refractivity contribution in [1.29, 1.82) is 0 Å². The number of nitrogens with one attached hydrogen (secondary N) is 1. The average molecular weight is 248 g/mol. The van der Waals surface area contributed by atoms with Crippen molar-refractivity contribution in [1.82, 2.24) is 5.32 Å². The number of nitro groups is 1. The Hall–Kier alpha value is -1.42. The molecule has 0 amide bonds. The molecule has 0 spiro atoms. The van der Waals surface area contributed by atoms with E-state index >= 15 is 0 Å². The molecule has 4 heteroatoms. The van der Waals surface area contributed by atoms with Crippen LogP contribution in [0.15, 0.2) is 24.3 Å². The van der Waals surface area contributed by atoms with Crippen molar-refractivity contribution in [2.24, 2.45) is 5.41 Å². The van der Waals surface area contributed by atoms with Crippen LogP contribution in [0.2, 0.25) is 0 Å². The number of non-ortho nitro benzene ring substituents is 1. The first-order valence-electron chi connectivity index (χ1n) is 6.59. The van der Waals surface area contributed by atoms with Crippen molar-refractivity contribution in [3.05, 3.63) is 39.9 Å². The number of benzene rings is 1. The Labute approximate surface area is 108 Å². The molecular formula is C14H20N2O2. The molecule has 98 valence electrons. The van der Waals surface area contributed by atoms with Crippen molar-refractivity contribution in [2.45, 2.75) is 39.2 Å². The van der Waals surface area contributed by atoms with Crippen LogP contribution in [0, 0.1) is 15.5 Å². The highest BCUT2D eigenvalue weighted by Gasteiger charge is 2.40. The van der Waals surface area contributed by atoms with Gasteiger partial charge in [-0.2, -0.15) is 0 Å². The minimum absolute atomic E-state index is 0.170. The summed E-state index contributed by atoms with van der Waals surface area (Å²) in [7, 11) is 0. The van der Waals surface area contributed by atoms with Crippen LogP contribution >= 0.6 is 0 Å². The van der Waals surface area contributed by atoms with Gasteiger partial charge in [0.1, 0.15) is 0 Å². The fourth-order valence-electron chi connectivity index (χ4n) is 2.47. The Morgan fingerprint density at radius 1 is 1.44 bits per heavy atom. The van der Waals surface area contributed by atoms with Gasteiger partial charge in [-0.15, -0.1) is 0 Å². The van der Waals surface area contributed by atoms with Gasteiger partial charge in [0, 0.05) is 25.2 Å². The van der Waals surface area contributed by atoms with Gasteiger partial charge in [-0.1, -0.05) is 25.5 Å². The third-order valence-electron chi connectivity index (χ3n) is 3.69. The van der Waals surface area contributed by atoms with Gasteiger partial charge in [0.05, 0.1) is 4.92 Å². The molecular weight excluding hydrogens is 228 g/mol. The molecule has 0 saturated heterocycles. The first-order chi connectivity index (χ1) is 8.65. The van der Waals surface area contributed by atoms with E-state index in [1.54, 1.807) is 12.1 Å². The summed E-state index contributed by atoms with van der Waals surface area (Å²) in [6.07, 6.45) is 5.17. The maximum absolute atomic E-state index is 10.7. The molecule has 0 bridgehead atoms. The highest BCUT2D eigenvalue weighted by molar-refractivity contribution is 5.34. The Morgan fingerprint density at radius 3 is 2.83 bits per heavy atom. The topological polar surface area (TPSA) is 55.2 Å². The van der Waals surface area contributed by atoms with Gasteiger partial charge in [0.25, 0.3) is 5.69 Å². The number of hydrogen-bond donors (Lipinski definition) is 1. The van der Waals surface area contributed by atoms with E-state index in [0.717, 1.165) is 12.1 Å². The van der Waals surface area contributed by atoms with E-state index in [9.17, 15) is 10.1 Å². The molecule has 1 saturated carbocycles. The van der Waals surface area contributed by atoms with Crippen LogP contribution in [-0.2, 0) is 6.54 Å². The molecule has 1 N–H and O–H groups in total. The third kappa shape index (κ3) is 3.29. The first-order valence-corrected chi connectivity index (χ1v) is 6.59. The summed E-state index contributed by atoms with van der Waals surface area (Å²) in [4.78, 5) is 10.3. The van der Waals surface area contributed by atoms with Crippen molar-refractivity contribution in [2.75, 3.05) is 6.54 Å². The predicted molar refractivity (Wildman–Crippen MR) is 71.4 cm³/mol. The smallest absolute Gasteiger partial charge is 0.269 e. The summed E-state index contributed by atoms with van der Waals surface area (Å²) < 4.78 is 0. The minimum atomic E-state index is -0.344. The van der Waals surface area contributed by atoms with Crippen LogP contribution in [-0.4, -0.2) is 11.5 Å². The molecule has 0 unspecified atom stereocenters. The lowest BCUT2D eigenvalue weighted by Crippen LogP contribution is -2.23. The third-order valence-corrected chi connectivity index (χ3v) is 3.69. The molecule has 1 aromatic carbocycles. The lowest BCUT2D eigenvalue weighted by molar-refractivity contribution is -0.384. The molecule has 0 atom stereocenters. The molecule has 0 aromatic heterocycles. The number of hydrogen-bond acceptors (Lipinski definition) is 3. The second-order valence-corrected chi connectivity index (χ2v) is 5.28. The molecule has 18 heavy (non-hydrogen) atoms. The first kappa shape index (κ1) is 13.0. The normalized spacial score (nSPS) is 16.5. The summed E-state index contributed by atoms with van der Waals surface area (Å²) >= 11 is 0. The maximum Gasteiger partial charge on any atom is 0.269 e. The summed E-state index contributed by atoms with van der Waals surface area (Å²) in [6.45, 7) is 3.97. The molecule has 0 heterocycles. The number of nitro benzene ring substituents is 1. The van der Waals surface area contributed by atoms with E-state index in [2.05, 4.69) is 12.2 Å². The van der Waals surface area contributed by atoms with Crippen LogP contribution in [0.25, 0.3) is 0 Å². The van der Waals surface area contributed by atoms with Crippen molar-refractivity contribution < 1.29 is 4.92 Å². The molecule has 0 radical (unpaired) electrons. The van der Waals surface area contributed by atoms with Gasteiger partial charge in [-0.25, -0.2) is 0 Å². The molecule has 1 aliphatic rings. The van der Waals surface area contributed by atoms with Crippen LogP contribution in [0.3, 0.4) is 0 Å². The van der Waals surface area contributed by atoms with Gasteiger partial charge >= 0.3 is 0 Å². The quantitative estimate of drug-likeness (QED) is 0.595. The Morgan fingerprint density at radius 2 is 2.22 bits per heavy atom. The monoisotopic (exact) mass is 248 g/mol. The fourth-order valence-corrected chi connectivity index (χ4v) is 2.47. The van der Waals surface area contributed by atoms with Crippen LogP contribution in [0.5, 0.6) is 0 Å². The van der Waals surface area contributed by atoms with Gasteiger partial charge in [-0.3, -0.25) is 10.1 Å². The van der Waals surface area contributed by atoms with Crippen LogP contribution < -0.4 is 5.32 Å². The average Bonchev–Trinajstić information content (AvgIpc) is 3.10. The SMILES string of the molecule is CCCC1(CNCc2cccc([N+](=O)[O-])c2)CC1. The fraction of sp³-hybridized carbons (Fsp3) is 0.571. The predicted octanol–water partition coefficient (Wildman–Crippen LogP) is 3.26. The Kier molecular flexibility index (Phi) is 3.97. The zero-order valence-corrected chi connectivity index (χ0v) is 10.8. The van der Waals surface area contributed by atoms with E-state index in [1.807, 2.05) is 6.07 Å². The Bertz CT molecular complexity index is 428. The summed E-state index contributed by atoms with van der Waals surface area (Å²) in [5.74, 6) is 0. The molecule has 1 aliphatic carbocycles. The second kappa shape index (κ2) is 5.48. The highest BCUT2D eigenvalue weighted by atomic mass is 16.6. The van der Waals surface area contributed by atoms with Gasteiger partial charge in [0.15, 0.2) is 0 Å². The van der Waals surface area contributed by atoms with E-state index in [0.29, 0.717) is 12.0 Å². The molecule has 1 aromatic rings. The Balaban J connectivity index is 1.83. The summed E-state index contributed by atoms with van der Waals surface area (Å²) in [5, 5.41) is 14.1. The lowest BCUT2D eigenvalue weighted by atomic mass is 10.0. The number of nitrogens with zero attached hydrogens (tertiary/aromatic N) is 1. The summed E-state index contributed by atoms with van der Waals surface area (Å²) in [5.41, 5.74) is 1.68. The van der Waals surface area contributed by atoms with Crippen molar-refractivity contribution in [3.63, 3.8) is 0 Å². The number of rotatable bonds is 7. The molecule has 1 fully saturated rings. The van der Waals surface area contributed by atoms with Crippen molar-refractivity contribution >= 4 is 5.69 Å². The van der Waals surface area contributed by atoms with Crippen molar-refractivity contribution in [3.8, 4) is 0 Å². The molecule has 4 nitrogen and oxygen atoms in total. The van der Waals surface area contributed by atoms with E-state index in [-0.39, 0.29) is 10.6 Å². The van der Waals surface area contributed by atoms with Crippen LogP contribution in [0.1, 0.15) is 38.2 Å². The maximum atomic E-state index is 10.7. The van der Waals surface area contributed by atoms with Gasteiger partial charge in [-0.05, 0) is 30.2 Å². The molecule has 2 rings (SSSR count). The molecule has 0 aliphatic heterocycles. The van der Waals surface area contributed by atoms with E-state index in [1.165, 1.54) is 31.7 Å². The zero-order chi connectivity index (χ0) is 13.0. The lowest BCUT2D eigenvalue weighted by Gasteiger charge is -2.14. The highest BCUT2D eigenvalue weighted by Crippen LogP contribution is 2.48. The summed E-state index contributed by atoms with van der Waals surface area (Å²) in [6, 6.07) is 6.85. The van der Waals surface area contributed by atoms with E-state index in [4.69, 9.17) is 0 Å². The second-order valence-electron chi connectivity index (χ2n) is 5.28. The standard InChI is InChI=1S/C14H20N2O2/c1-2-6-14(7-8-14)11-15-10-12-4-3-5-13(9-12)16(17)18/h3-5,9,15H,2,6-8,10-11H2,1H3. The van der Waals surface area contributed by atoms with E-state index < -0.39 is 0 Å². The zero-order valence-electron chi connectivity index (χ0n) is 10.8. The van der Waals surface area contributed by atoms with Gasteiger partial charge in [0.2, 0.25) is 0 Å². The van der Waals surface area contributed by atoms with Gasteiger partial charge < -0.3 is 5.32 Å². The largest absolute Gasteiger partial charge is 0.312 e. The minimum Gasteiger partial charge on any atom is -0.312 e. The van der Waals surface area contributed by atoms with Crippen LogP contribution in [0.4, 0.5) is 5.69 Å².